The summed E-state index contributed by atoms with van der Waals surface area (Å²) in [7, 11) is 1.51. The van der Waals surface area contributed by atoms with Crippen molar-refractivity contribution in [3.05, 3.63) is 90.1 Å². The standard InChI is InChI=1S/C27H25N3O5S/c1-5-34-26(32)22-17(3)29-27-30(23(22)18-11-9-16(2)10-12-18)25(31)21(36-27)15-19-7-6-8-20(33-4)24(19)35-14-13-28/h6-12,15,23H,5,14H2,1-4H3/b21-15-/t23-/m1/s1. The molecule has 1 aromatic heterocycles. The van der Waals surface area contributed by atoms with Crippen molar-refractivity contribution >= 4 is 23.4 Å². The number of nitrogens with zero attached hydrogens (tertiary/aromatic N) is 3. The normalized spacial score (nSPS) is 15.1. The van der Waals surface area contributed by atoms with Crippen molar-refractivity contribution in [2.75, 3.05) is 20.3 Å². The molecule has 0 saturated carbocycles. The van der Waals surface area contributed by atoms with E-state index < -0.39 is 12.0 Å². The van der Waals surface area contributed by atoms with E-state index in [1.165, 1.54) is 23.0 Å². The predicted molar refractivity (Wildman–Crippen MR) is 136 cm³/mol. The highest BCUT2D eigenvalue weighted by Crippen LogP contribution is 2.32. The molecule has 0 bridgehead atoms. The fraction of sp³-hybridized carbons (Fsp3) is 0.259. The van der Waals surface area contributed by atoms with Crippen LogP contribution >= 0.6 is 11.3 Å². The highest BCUT2D eigenvalue weighted by Gasteiger charge is 2.33. The van der Waals surface area contributed by atoms with Gasteiger partial charge in [0.05, 0.1) is 35.6 Å². The Kier molecular flexibility index (Phi) is 7.36. The lowest BCUT2D eigenvalue weighted by Gasteiger charge is -2.24. The molecule has 3 aromatic rings. The van der Waals surface area contributed by atoms with Gasteiger partial charge in [0.15, 0.2) is 22.9 Å². The van der Waals surface area contributed by atoms with Crippen molar-refractivity contribution in [2.24, 2.45) is 4.99 Å². The van der Waals surface area contributed by atoms with Crippen molar-refractivity contribution < 1.29 is 19.0 Å². The van der Waals surface area contributed by atoms with E-state index >= 15 is 0 Å². The van der Waals surface area contributed by atoms with Crippen molar-refractivity contribution in [3.63, 3.8) is 0 Å². The Morgan fingerprint density at radius 3 is 2.64 bits per heavy atom. The van der Waals surface area contributed by atoms with Gasteiger partial charge in [-0.1, -0.05) is 53.3 Å². The third kappa shape index (κ3) is 4.68. The van der Waals surface area contributed by atoms with E-state index in [0.29, 0.717) is 37.7 Å². The summed E-state index contributed by atoms with van der Waals surface area (Å²) >= 11 is 1.22. The molecule has 8 nitrogen and oxygen atoms in total. The molecule has 0 spiro atoms. The minimum Gasteiger partial charge on any atom is -0.493 e. The number of para-hydroxylation sites is 1. The highest BCUT2D eigenvalue weighted by molar-refractivity contribution is 7.07. The van der Waals surface area contributed by atoms with Crippen LogP contribution in [0.5, 0.6) is 11.5 Å². The Morgan fingerprint density at radius 1 is 1.22 bits per heavy atom. The first kappa shape index (κ1) is 24.9. The van der Waals surface area contributed by atoms with Crippen molar-refractivity contribution in [1.29, 1.82) is 5.26 Å². The van der Waals surface area contributed by atoms with Crippen LogP contribution in [0, 0.1) is 18.3 Å². The van der Waals surface area contributed by atoms with E-state index in [0.717, 1.165) is 11.1 Å². The van der Waals surface area contributed by atoms with Gasteiger partial charge in [-0.2, -0.15) is 5.26 Å². The predicted octanol–water partition coefficient (Wildman–Crippen LogP) is 3.02. The molecule has 9 heteroatoms. The molecule has 0 aliphatic carbocycles. The molecule has 1 aliphatic heterocycles. The third-order valence-corrected chi connectivity index (χ3v) is 6.69. The van der Waals surface area contributed by atoms with E-state index in [1.54, 1.807) is 38.1 Å². The van der Waals surface area contributed by atoms with Crippen LogP contribution in [0.1, 0.15) is 36.6 Å². The van der Waals surface area contributed by atoms with Crippen molar-refractivity contribution in [1.82, 2.24) is 4.57 Å². The number of rotatable bonds is 7. The number of methoxy groups -OCH3 is 1. The molecule has 0 radical (unpaired) electrons. The summed E-state index contributed by atoms with van der Waals surface area (Å²) in [5.41, 5.74) is 2.97. The molecule has 1 atom stereocenters. The number of aryl methyl sites for hydroxylation is 1. The lowest BCUT2D eigenvalue weighted by atomic mass is 9.95. The van der Waals surface area contributed by atoms with E-state index in [4.69, 9.17) is 19.5 Å². The number of hydrogen-bond donors (Lipinski definition) is 0. The van der Waals surface area contributed by atoms with Crippen LogP contribution in [0.2, 0.25) is 0 Å². The lowest BCUT2D eigenvalue weighted by molar-refractivity contribution is -0.139. The molecular weight excluding hydrogens is 478 g/mol. The van der Waals surface area contributed by atoms with Gasteiger partial charge in [0.2, 0.25) is 0 Å². The molecule has 0 amide bonds. The minimum absolute atomic E-state index is 0.169. The third-order valence-electron chi connectivity index (χ3n) is 5.71. The number of hydrogen-bond acceptors (Lipinski definition) is 8. The van der Waals surface area contributed by atoms with Gasteiger partial charge in [0.1, 0.15) is 6.07 Å². The summed E-state index contributed by atoms with van der Waals surface area (Å²) in [4.78, 5) is 31.8. The molecule has 2 aromatic carbocycles. The number of allylic oxidation sites excluding steroid dienone is 1. The maximum atomic E-state index is 13.8. The number of benzene rings is 2. The fourth-order valence-corrected chi connectivity index (χ4v) is 5.10. The molecule has 4 rings (SSSR count). The van der Waals surface area contributed by atoms with Crippen LogP contribution in [-0.4, -0.2) is 30.9 Å². The van der Waals surface area contributed by atoms with Gasteiger partial charge in [-0.15, -0.1) is 0 Å². The number of aromatic nitrogens is 1. The first-order chi connectivity index (χ1) is 17.4. The van der Waals surface area contributed by atoms with E-state index in [9.17, 15) is 9.59 Å². The van der Waals surface area contributed by atoms with E-state index in [1.807, 2.05) is 37.3 Å². The Bertz CT molecular complexity index is 1560. The quantitative estimate of drug-likeness (QED) is 0.459. The molecule has 0 unspecified atom stereocenters. The number of fused-ring (bicyclic) bond motifs is 1. The molecule has 0 N–H and O–H groups in total. The maximum absolute atomic E-state index is 13.8. The zero-order valence-corrected chi connectivity index (χ0v) is 21.2. The zero-order valence-electron chi connectivity index (χ0n) is 20.4. The summed E-state index contributed by atoms with van der Waals surface area (Å²) < 4.78 is 18.3. The smallest absolute Gasteiger partial charge is 0.338 e. The molecule has 2 heterocycles. The topological polar surface area (TPSA) is 103 Å². The van der Waals surface area contributed by atoms with Gasteiger partial charge < -0.3 is 14.2 Å². The number of esters is 1. The second kappa shape index (κ2) is 10.6. The van der Waals surface area contributed by atoms with Crippen molar-refractivity contribution in [3.8, 4) is 17.6 Å². The van der Waals surface area contributed by atoms with Crippen LogP contribution in [0.25, 0.3) is 6.08 Å². The van der Waals surface area contributed by atoms with Crippen molar-refractivity contribution in [2.45, 2.75) is 26.8 Å². The van der Waals surface area contributed by atoms with Crippen LogP contribution in [0.3, 0.4) is 0 Å². The van der Waals surface area contributed by atoms with Crippen LogP contribution in [-0.2, 0) is 9.53 Å². The molecule has 184 valence electrons. The Labute approximate surface area is 212 Å². The first-order valence-corrected chi connectivity index (χ1v) is 12.1. The number of thiazole rings is 1. The second-order valence-electron chi connectivity index (χ2n) is 8.04. The second-order valence-corrected chi connectivity index (χ2v) is 9.05. The maximum Gasteiger partial charge on any atom is 0.338 e. The van der Waals surface area contributed by atoms with Crippen LogP contribution < -0.4 is 24.4 Å². The largest absolute Gasteiger partial charge is 0.493 e. The minimum atomic E-state index is -0.678. The van der Waals surface area contributed by atoms with E-state index in [2.05, 4.69) is 4.99 Å². The number of carbonyl (C=O) groups excluding carboxylic acids is 1. The van der Waals surface area contributed by atoms with Crippen LogP contribution in [0.15, 0.2) is 63.5 Å². The van der Waals surface area contributed by atoms with Gasteiger partial charge in [-0.25, -0.2) is 9.79 Å². The summed E-state index contributed by atoms with van der Waals surface area (Å²) in [6.45, 7) is 5.51. The lowest BCUT2D eigenvalue weighted by Crippen LogP contribution is -2.39. The summed E-state index contributed by atoms with van der Waals surface area (Å²) in [5.74, 6) is 0.314. The molecular formula is C27H25N3O5S. The number of carbonyl (C=O) groups is 1. The van der Waals surface area contributed by atoms with Gasteiger partial charge in [0.25, 0.3) is 5.56 Å². The van der Waals surface area contributed by atoms with Gasteiger partial charge >= 0.3 is 5.97 Å². The fourth-order valence-electron chi connectivity index (χ4n) is 4.06. The molecule has 36 heavy (non-hydrogen) atoms. The zero-order chi connectivity index (χ0) is 25.8. The Balaban J connectivity index is 1.95. The van der Waals surface area contributed by atoms with Gasteiger partial charge in [0, 0.05) is 5.56 Å². The molecule has 0 saturated heterocycles. The Hall–Kier alpha value is -4.16. The number of ether oxygens (including phenoxy) is 3. The summed E-state index contributed by atoms with van der Waals surface area (Å²) in [6, 6.07) is 14.2. The summed E-state index contributed by atoms with van der Waals surface area (Å²) in [5, 5.41) is 8.98. The van der Waals surface area contributed by atoms with Crippen LogP contribution in [0.4, 0.5) is 0 Å². The molecule has 1 aliphatic rings. The average Bonchev–Trinajstić information content (AvgIpc) is 3.17. The highest BCUT2D eigenvalue weighted by atomic mass is 32.1. The Morgan fingerprint density at radius 2 is 1.97 bits per heavy atom. The van der Waals surface area contributed by atoms with Gasteiger partial charge in [-0.05, 0) is 38.5 Å². The van der Waals surface area contributed by atoms with Gasteiger partial charge in [-0.3, -0.25) is 9.36 Å². The summed E-state index contributed by atoms with van der Waals surface area (Å²) in [6.07, 6.45) is 1.69. The average molecular weight is 504 g/mol. The monoisotopic (exact) mass is 503 g/mol. The molecule has 0 fully saturated rings. The van der Waals surface area contributed by atoms with E-state index in [-0.39, 0.29) is 18.8 Å². The number of nitriles is 1. The SMILES string of the molecule is CCOC(=O)C1=C(C)N=c2s/c(=C\c3cccc(OC)c3OCC#N)c(=O)n2[C@@H]1c1ccc(C)cc1. The first-order valence-electron chi connectivity index (χ1n) is 11.3.